The SMILES string of the molecule is COc1cc(/C(O)=C2/C(=O)C(=O)N(c3ccc(C#N)cc3)C2c2ccc(OC(C)C)cc2)ccc1Cl. The molecule has 1 fully saturated rings. The maximum absolute atomic E-state index is 13.3. The number of ketones is 1. The topological polar surface area (TPSA) is 99.9 Å². The van der Waals surface area contributed by atoms with Crippen LogP contribution in [0.4, 0.5) is 5.69 Å². The van der Waals surface area contributed by atoms with Crippen molar-refractivity contribution >= 4 is 34.7 Å². The van der Waals surface area contributed by atoms with Crippen molar-refractivity contribution in [3.05, 3.63) is 94.0 Å². The summed E-state index contributed by atoms with van der Waals surface area (Å²) in [6, 6.07) is 19.0. The zero-order valence-electron chi connectivity index (χ0n) is 19.9. The van der Waals surface area contributed by atoms with Crippen molar-refractivity contribution in [2.24, 2.45) is 0 Å². The molecule has 1 heterocycles. The Morgan fingerprint density at radius 3 is 2.31 bits per heavy atom. The van der Waals surface area contributed by atoms with Crippen LogP contribution in [0.15, 0.2) is 72.3 Å². The number of ether oxygens (including phenoxy) is 2. The highest BCUT2D eigenvalue weighted by atomic mass is 35.5. The molecule has 0 spiro atoms. The number of rotatable bonds is 6. The molecule has 0 saturated carbocycles. The number of methoxy groups -OCH3 is 1. The molecule has 1 aliphatic rings. The van der Waals surface area contributed by atoms with Gasteiger partial charge >= 0.3 is 0 Å². The van der Waals surface area contributed by atoms with Gasteiger partial charge in [-0.2, -0.15) is 5.26 Å². The van der Waals surface area contributed by atoms with Gasteiger partial charge in [-0.3, -0.25) is 14.5 Å². The average Bonchev–Trinajstić information content (AvgIpc) is 3.14. The Balaban J connectivity index is 1.90. The summed E-state index contributed by atoms with van der Waals surface area (Å²) in [6.07, 6.45) is -0.0278. The molecule has 0 aromatic heterocycles. The average molecular weight is 503 g/mol. The molecular formula is C28H23ClN2O5. The van der Waals surface area contributed by atoms with Crippen LogP contribution in [-0.4, -0.2) is 30.0 Å². The number of carbonyl (C=O) groups is 2. The van der Waals surface area contributed by atoms with Crippen molar-refractivity contribution < 1.29 is 24.2 Å². The summed E-state index contributed by atoms with van der Waals surface area (Å²) in [6.45, 7) is 3.82. The molecule has 0 radical (unpaired) electrons. The Labute approximate surface area is 213 Å². The Bertz CT molecular complexity index is 1390. The van der Waals surface area contributed by atoms with Gasteiger partial charge in [-0.1, -0.05) is 23.7 Å². The lowest BCUT2D eigenvalue weighted by atomic mass is 9.95. The van der Waals surface area contributed by atoms with Gasteiger partial charge in [0.15, 0.2) is 0 Å². The number of hydrogen-bond donors (Lipinski definition) is 1. The minimum absolute atomic E-state index is 0.0278. The monoisotopic (exact) mass is 502 g/mol. The molecule has 36 heavy (non-hydrogen) atoms. The minimum atomic E-state index is -0.923. The number of aliphatic hydroxyl groups excluding tert-OH is 1. The summed E-state index contributed by atoms with van der Waals surface area (Å²) in [4.78, 5) is 27.9. The highest BCUT2D eigenvalue weighted by Gasteiger charge is 2.47. The normalized spacial score (nSPS) is 16.8. The molecule has 1 amide bonds. The molecule has 0 bridgehead atoms. The van der Waals surface area contributed by atoms with Crippen LogP contribution in [0.3, 0.4) is 0 Å². The molecule has 3 aromatic carbocycles. The largest absolute Gasteiger partial charge is 0.507 e. The highest BCUT2D eigenvalue weighted by molar-refractivity contribution is 6.51. The molecule has 4 rings (SSSR count). The first-order valence-electron chi connectivity index (χ1n) is 11.2. The van der Waals surface area contributed by atoms with Gasteiger partial charge < -0.3 is 14.6 Å². The van der Waals surface area contributed by atoms with Gasteiger partial charge in [0.25, 0.3) is 11.7 Å². The molecule has 1 atom stereocenters. The van der Waals surface area contributed by atoms with E-state index < -0.39 is 17.7 Å². The molecule has 1 unspecified atom stereocenters. The molecule has 1 saturated heterocycles. The van der Waals surface area contributed by atoms with Gasteiger partial charge in [0.1, 0.15) is 17.3 Å². The molecule has 8 heteroatoms. The maximum Gasteiger partial charge on any atom is 0.300 e. The summed E-state index contributed by atoms with van der Waals surface area (Å²) in [7, 11) is 1.44. The number of Topliss-reactive ketones (excluding diaryl/α,β-unsaturated/α-hetero) is 1. The van der Waals surface area contributed by atoms with E-state index >= 15 is 0 Å². The van der Waals surface area contributed by atoms with E-state index in [0.717, 1.165) is 0 Å². The smallest absolute Gasteiger partial charge is 0.300 e. The van der Waals surface area contributed by atoms with Gasteiger partial charge in [-0.05, 0) is 74.0 Å². The summed E-state index contributed by atoms with van der Waals surface area (Å²) < 4.78 is 11.0. The van der Waals surface area contributed by atoms with E-state index in [1.165, 1.54) is 18.1 Å². The van der Waals surface area contributed by atoms with Crippen molar-refractivity contribution in [1.29, 1.82) is 5.26 Å². The quantitative estimate of drug-likeness (QED) is 0.266. The third-order valence-corrected chi connectivity index (χ3v) is 6.02. The zero-order valence-corrected chi connectivity index (χ0v) is 20.6. The van der Waals surface area contributed by atoms with Crippen LogP contribution in [0, 0.1) is 11.3 Å². The minimum Gasteiger partial charge on any atom is -0.507 e. The Kier molecular flexibility index (Phi) is 7.00. The summed E-state index contributed by atoms with van der Waals surface area (Å²) in [5.74, 6) is -1.04. The van der Waals surface area contributed by atoms with Gasteiger partial charge in [0.2, 0.25) is 0 Å². The second kappa shape index (κ2) is 10.1. The fourth-order valence-electron chi connectivity index (χ4n) is 4.07. The first kappa shape index (κ1) is 24.8. The van der Waals surface area contributed by atoms with Crippen molar-refractivity contribution in [3.63, 3.8) is 0 Å². The molecule has 182 valence electrons. The number of nitrogens with zero attached hydrogens (tertiary/aromatic N) is 2. The number of carbonyl (C=O) groups excluding carboxylic acids is 2. The second-order valence-corrected chi connectivity index (χ2v) is 8.82. The lowest BCUT2D eigenvalue weighted by molar-refractivity contribution is -0.132. The predicted octanol–water partition coefficient (Wildman–Crippen LogP) is 5.63. The van der Waals surface area contributed by atoms with Crippen LogP contribution in [0.2, 0.25) is 5.02 Å². The van der Waals surface area contributed by atoms with Crippen molar-refractivity contribution in [3.8, 4) is 17.6 Å². The van der Waals surface area contributed by atoms with E-state index in [1.54, 1.807) is 60.7 Å². The number of anilines is 1. The third-order valence-electron chi connectivity index (χ3n) is 5.71. The molecule has 1 aliphatic heterocycles. The van der Waals surface area contributed by atoms with E-state index in [0.29, 0.717) is 33.3 Å². The van der Waals surface area contributed by atoms with Crippen LogP contribution >= 0.6 is 11.6 Å². The van der Waals surface area contributed by atoms with Crippen molar-refractivity contribution in [2.45, 2.75) is 26.0 Å². The molecule has 7 nitrogen and oxygen atoms in total. The predicted molar refractivity (Wildman–Crippen MR) is 136 cm³/mol. The molecule has 0 aliphatic carbocycles. The summed E-state index contributed by atoms with van der Waals surface area (Å²) >= 11 is 6.13. The van der Waals surface area contributed by atoms with Crippen molar-refractivity contribution in [1.82, 2.24) is 0 Å². The Hall–Kier alpha value is -4.28. The van der Waals surface area contributed by atoms with Gasteiger partial charge in [-0.25, -0.2) is 0 Å². The van der Waals surface area contributed by atoms with E-state index in [2.05, 4.69) is 0 Å². The highest BCUT2D eigenvalue weighted by Crippen LogP contribution is 2.43. The first-order valence-corrected chi connectivity index (χ1v) is 11.5. The lowest BCUT2D eigenvalue weighted by Gasteiger charge is -2.25. The Morgan fingerprint density at radius 1 is 1.06 bits per heavy atom. The van der Waals surface area contributed by atoms with E-state index in [4.69, 9.17) is 26.3 Å². The standard InChI is InChI=1S/C28H23ClN2O5/c1-16(2)36-21-11-6-18(7-12-21)25-24(26(32)19-8-13-22(29)23(14-19)35-3)27(33)28(34)31(25)20-9-4-17(15-30)5-10-20/h4-14,16,25,32H,1-3H3/b26-24-. The third kappa shape index (κ3) is 4.64. The van der Waals surface area contributed by atoms with Crippen LogP contribution in [-0.2, 0) is 9.59 Å². The van der Waals surface area contributed by atoms with Gasteiger partial charge in [0.05, 0.1) is 41.5 Å². The first-order chi connectivity index (χ1) is 17.2. The van der Waals surface area contributed by atoms with Crippen LogP contribution in [0.25, 0.3) is 5.76 Å². The number of aliphatic hydroxyl groups is 1. The van der Waals surface area contributed by atoms with Gasteiger partial charge in [0, 0.05) is 11.3 Å². The van der Waals surface area contributed by atoms with E-state index in [-0.39, 0.29) is 23.0 Å². The van der Waals surface area contributed by atoms with Crippen molar-refractivity contribution in [2.75, 3.05) is 12.0 Å². The molecular weight excluding hydrogens is 480 g/mol. The second-order valence-electron chi connectivity index (χ2n) is 8.41. The van der Waals surface area contributed by atoms with Crippen LogP contribution in [0.5, 0.6) is 11.5 Å². The number of hydrogen-bond acceptors (Lipinski definition) is 6. The number of nitriles is 1. The lowest BCUT2D eigenvalue weighted by Crippen LogP contribution is -2.29. The maximum atomic E-state index is 13.3. The Morgan fingerprint density at radius 2 is 1.72 bits per heavy atom. The van der Waals surface area contributed by atoms with E-state index in [1.807, 2.05) is 19.9 Å². The number of amides is 1. The fourth-order valence-corrected chi connectivity index (χ4v) is 4.27. The number of benzene rings is 3. The van der Waals surface area contributed by atoms with Crippen LogP contribution in [0.1, 0.15) is 36.6 Å². The fraction of sp³-hybridized carbons (Fsp3) is 0.179. The molecule has 3 aromatic rings. The van der Waals surface area contributed by atoms with Crippen LogP contribution < -0.4 is 14.4 Å². The van der Waals surface area contributed by atoms with E-state index in [9.17, 15) is 14.7 Å². The summed E-state index contributed by atoms with van der Waals surface area (Å²) in [5.41, 5.74) is 1.62. The number of halogens is 1. The summed E-state index contributed by atoms with van der Waals surface area (Å²) in [5, 5.41) is 20.8. The zero-order chi connectivity index (χ0) is 26.0. The van der Waals surface area contributed by atoms with Gasteiger partial charge in [-0.15, -0.1) is 0 Å². The molecule has 1 N–H and O–H groups in total.